The van der Waals surface area contributed by atoms with Crippen molar-refractivity contribution >= 4 is 27.4 Å². The molecule has 0 aromatic heterocycles. The van der Waals surface area contributed by atoms with Crippen molar-refractivity contribution in [2.75, 3.05) is 6.26 Å². The van der Waals surface area contributed by atoms with E-state index in [1.807, 2.05) is 19.1 Å². The molecule has 0 N–H and O–H groups in total. The highest BCUT2D eigenvalue weighted by molar-refractivity contribution is 7.90. The van der Waals surface area contributed by atoms with Crippen LogP contribution >= 0.6 is 11.6 Å². The summed E-state index contributed by atoms with van der Waals surface area (Å²) in [6.45, 7) is 2.03. The molecule has 2 rings (SSSR count). The highest BCUT2D eigenvalue weighted by Crippen LogP contribution is 2.23. The Kier molecular flexibility index (Phi) is 4.88. The number of rotatable bonds is 4. The van der Waals surface area contributed by atoms with Crippen LogP contribution in [0.5, 0.6) is 5.75 Å². The summed E-state index contributed by atoms with van der Waals surface area (Å²) in [5, 5.41) is 0.141. The standard InChI is InChI=1S/C16H15ClO4S/c1-3-11-4-6-12(7-5-11)21-16(18)14-10-13(22(2,19)20)8-9-15(14)17/h4-10H,3H2,1-2H3. The molecule has 0 fully saturated rings. The van der Waals surface area contributed by atoms with E-state index in [2.05, 4.69) is 0 Å². The first-order chi connectivity index (χ1) is 10.3. The third-order valence-corrected chi connectivity index (χ3v) is 4.57. The number of carbonyl (C=O) groups is 1. The predicted octanol–water partition coefficient (Wildman–Crippen LogP) is 3.53. The molecule has 6 heteroatoms. The second-order valence-electron chi connectivity index (χ2n) is 4.80. The average Bonchev–Trinajstić information content (AvgIpc) is 2.47. The summed E-state index contributed by atoms with van der Waals surface area (Å²) in [5.74, 6) is -0.317. The van der Waals surface area contributed by atoms with Crippen molar-refractivity contribution in [2.45, 2.75) is 18.2 Å². The number of carbonyl (C=O) groups excluding carboxylic acids is 1. The number of ether oxygens (including phenoxy) is 1. The third kappa shape index (κ3) is 3.87. The molecule has 0 saturated heterocycles. The molecule has 0 amide bonds. The first kappa shape index (κ1) is 16.5. The summed E-state index contributed by atoms with van der Waals surface area (Å²) >= 11 is 5.96. The van der Waals surface area contributed by atoms with Crippen molar-refractivity contribution in [3.8, 4) is 5.75 Å². The normalized spacial score (nSPS) is 11.2. The summed E-state index contributed by atoms with van der Waals surface area (Å²) < 4.78 is 28.3. The average molecular weight is 339 g/mol. The van der Waals surface area contributed by atoms with Crippen LogP contribution in [0.2, 0.25) is 5.02 Å². The molecule has 116 valence electrons. The highest BCUT2D eigenvalue weighted by Gasteiger charge is 2.17. The van der Waals surface area contributed by atoms with E-state index in [-0.39, 0.29) is 15.5 Å². The Bertz CT molecular complexity index is 795. The first-order valence-electron chi connectivity index (χ1n) is 6.62. The first-order valence-corrected chi connectivity index (χ1v) is 8.89. The van der Waals surface area contributed by atoms with Crippen LogP contribution in [0.1, 0.15) is 22.8 Å². The van der Waals surface area contributed by atoms with Gasteiger partial charge in [0.2, 0.25) is 0 Å². The number of sulfone groups is 1. The molecule has 22 heavy (non-hydrogen) atoms. The molecule has 0 aliphatic carbocycles. The Hall–Kier alpha value is -1.85. The zero-order valence-electron chi connectivity index (χ0n) is 12.2. The van der Waals surface area contributed by atoms with Gasteiger partial charge in [-0.05, 0) is 42.3 Å². The molecule has 0 aliphatic rings. The number of benzene rings is 2. The van der Waals surface area contributed by atoms with Crippen molar-refractivity contribution in [2.24, 2.45) is 0 Å². The van der Waals surface area contributed by atoms with E-state index in [1.54, 1.807) is 12.1 Å². The second kappa shape index (κ2) is 6.50. The highest BCUT2D eigenvalue weighted by atomic mass is 35.5. The fourth-order valence-electron chi connectivity index (χ4n) is 1.85. The van der Waals surface area contributed by atoms with Gasteiger partial charge in [-0.15, -0.1) is 0 Å². The largest absolute Gasteiger partial charge is 0.423 e. The zero-order valence-corrected chi connectivity index (χ0v) is 13.7. The van der Waals surface area contributed by atoms with Crippen molar-refractivity contribution in [3.05, 3.63) is 58.6 Å². The molecule has 0 heterocycles. The van der Waals surface area contributed by atoms with E-state index in [4.69, 9.17) is 16.3 Å². The Morgan fingerprint density at radius 3 is 2.32 bits per heavy atom. The van der Waals surface area contributed by atoms with Gasteiger partial charge in [0.15, 0.2) is 9.84 Å². The summed E-state index contributed by atoms with van der Waals surface area (Å²) in [7, 11) is -3.42. The molecule has 2 aromatic rings. The fraction of sp³-hybridized carbons (Fsp3) is 0.188. The molecular weight excluding hydrogens is 324 g/mol. The van der Waals surface area contributed by atoms with Crippen molar-refractivity contribution in [1.29, 1.82) is 0 Å². The minimum absolute atomic E-state index is 0.0177. The molecule has 4 nitrogen and oxygen atoms in total. The van der Waals surface area contributed by atoms with Crippen LogP contribution in [-0.4, -0.2) is 20.6 Å². The topological polar surface area (TPSA) is 60.4 Å². The van der Waals surface area contributed by atoms with E-state index in [9.17, 15) is 13.2 Å². The molecule has 0 radical (unpaired) electrons. The minimum atomic E-state index is -3.42. The third-order valence-electron chi connectivity index (χ3n) is 3.13. The van der Waals surface area contributed by atoms with Crippen LogP contribution in [0.15, 0.2) is 47.4 Å². The molecule has 2 aromatic carbocycles. The monoisotopic (exact) mass is 338 g/mol. The Morgan fingerprint density at radius 2 is 1.77 bits per heavy atom. The van der Waals surface area contributed by atoms with Gasteiger partial charge in [-0.1, -0.05) is 30.7 Å². The van der Waals surface area contributed by atoms with Gasteiger partial charge in [0.1, 0.15) is 5.75 Å². The van der Waals surface area contributed by atoms with Gasteiger partial charge < -0.3 is 4.74 Å². The summed E-state index contributed by atoms with van der Waals surface area (Å²) in [6, 6.07) is 11.0. The van der Waals surface area contributed by atoms with E-state index >= 15 is 0 Å². The van der Waals surface area contributed by atoms with E-state index < -0.39 is 15.8 Å². The lowest BCUT2D eigenvalue weighted by Gasteiger charge is -2.08. The van der Waals surface area contributed by atoms with Crippen LogP contribution < -0.4 is 4.74 Å². The number of halogens is 1. The number of hydrogen-bond acceptors (Lipinski definition) is 4. The van der Waals surface area contributed by atoms with Crippen LogP contribution in [0, 0.1) is 0 Å². The van der Waals surface area contributed by atoms with Gasteiger partial charge in [0.05, 0.1) is 15.5 Å². The van der Waals surface area contributed by atoms with Crippen molar-refractivity contribution in [1.82, 2.24) is 0 Å². The number of hydrogen-bond donors (Lipinski definition) is 0. The van der Waals surface area contributed by atoms with Crippen LogP contribution in [0.25, 0.3) is 0 Å². The summed E-state index contributed by atoms with van der Waals surface area (Å²) in [5.41, 5.74) is 1.14. The molecule has 0 spiro atoms. The fourth-order valence-corrected chi connectivity index (χ4v) is 2.69. The van der Waals surface area contributed by atoms with Crippen molar-refractivity contribution < 1.29 is 17.9 Å². The van der Waals surface area contributed by atoms with Gasteiger partial charge in [-0.3, -0.25) is 0 Å². The van der Waals surface area contributed by atoms with Crippen LogP contribution in [-0.2, 0) is 16.3 Å². The van der Waals surface area contributed by atoms with E-state index in [0.717, 1.165) is 18.2 Å². The summed E-state index contributed by atoms with van der Waals surface area (Å²) in [4.78, 5) is 12.2. The number of aryl methyl sites for hydroxylation is 1. The lowest BCUT2D eigenvalue weighted by Crippen LogP contribution is -2.10. The Morgan fingerprint density at radius 1 is 1.14 bits per heavy atom. The molecule has 0 bridgehead atoms. The van der Waals surface area contributed by atoms with Crippen LogP contribution in [0.3, 0.4) is 0 Å². The SMILES string of the molecule is CCc1ccc(OC(=O)c2cc(S(C)(=O)=O)ccc2Cl)cc1. The Balaban J connectivity index is 2.28. The maximum Gasteiger partial charge on any atom is 0.345 e. The molecule has 0 saturated carbocycles. The molecular formula is C16H15ClO4S. The van der Waals surface area contributed by atoms with Gasteiger partial charge in [0, 0.05) is 6.26 Å². The predicted molar refractivity (Wildman–Crippen MR) is 85.3 cm³/mol. The molecule has 0 atom stereocenters. The van der Waals surface area contributed by atoms with Gasteiger partial charge in [0.25, 0.3) is 0 Å². The zero-order chi connectivity index (χ0) is 16.3. The van der Waals surface area contributed by atoms with Gasteiger partial charge >= 0.3 is 5.97 Å². The minimum Gasteiger partial charge on any atom is -0.423 e. The van der Waals surface area contributed by atoms with Crippen LogP contribution in [0.4, 0.5) is 0 Å². The quantitative estimate of drug-likeness (QED) is 0.632. The molecule has 0 aliphatic heterocycles. The van der Waals surface area contributed by atoms with Gasteiger partial charge in [-0.25, -0.2) is 13.2 Å². The van der Waals surface area contributed by atoms with E-state index in [0.29, 0.717) is 5.75 Å². The smallest absolute Gasteiger partial charge is 0.345 e. The lowest BCUT2D eigenvalue weighted by atomic mass is 10.2. The number of esters is 1. The Labute approximate surface area is 134 Å². The lowest BCUT2D eigenvalue weighted by molar-refractivity contribution is 0.0734. The van der Waals surface area contributed by atoms with Gasteiger partial charge in [-0.2, -0.15) is 0 Å². The van der Waals surface area contributed by atoms with E-state index in [1.165, 1.54) is 18.2 Å². The second-order valence-corrected chi connectivity index (χ2v) is 7.22. The maximum absolute atomic E-state index is 12.2. The van der Waals surface area contributed by atoms with Crippen molar-refractivity contribution in [3.63, 3.8) is 0 Å². The molecule has 0 unspecified atom stereocenters. The maximum atomic E-state index is 12.2. The summed E-state index contributed by atoms with van der Waals surface area (Å²) in [6.07, 6.45) is 1.95.